The van der Waals surface area contributed by atoms with E-state index in [1.165, 1.54) is 0 Å². The molecule has 1 aliphatic heterocycles. The van der Waals surface area contributed by atoms with Gasteiger partial charge >= 0.3 is 0 Å². The van der Waals surface area contributed by atoms with Gasteiger partial charge in [0.05, 0.1) is 6.04 Å². The predicted octanol–water partition coefficient (Wildman–Crippen LogP) is 2.83. The van der Waals surface area contributed by atoms with Crippen LogP contribution in [0, 0.1) is 5.92 Å². The third-order valence-electron chi connectivity index (χ3n) is 4.13. The molecule has 22 heavy (non-hydrogen) atoms. The van der Waals surface area contributed by atoms with E-state index in [9.17, 15) is 9.59 Å². The number of fused-ring (bicyclic) bond motifs is 1. The van der Waals surface area contributed by atoms with Crippen molar-refractivity contribution >= 4 is 33.9 Å². The SMILES string of the molecule is O=C1N[C@H](C(=O)N[C@H](c2cc3ccccc3o2)C2CC2)CS1. The molecule has 1 saturated carbocycles. The van der Waals surface area contributed by atoms with Crippen LogP contribution in [0.4, 0.5) is 4.79 Å². The summed E-state index contributed by atoms with van der Waals surface area (Å²) in [6.07, 6.45) is 2.18. The van der Waals surface area contributed by atoms with Crippen molar-refractivity contribution in [1.29, 1.82) is 0 Å². The van der Waals surface area contributed by atoms with Gasteiger partial charge in [0.15, 0.2) is 0 Å². The van der Waals surface area contributed by atoms with Gasteiger partial charge in [0.25, 0.3) is 5.24 Å². The highest BCUT2D eigenvalue weighted by Gasteiger charge is 2.38. The molecule has 0 radical (unpaired) electrons. The van der Waals surface area contributed by atoms with Crippen LogP contribution in [0.3, 0.4) is 0 Å². The molecule has 2 amide bonds. The van der Waals surface area contributed by atoms with E-state index in [1.54, 1.807) is 0 Å². The van der Waals surface area contributed by atoms with Gasteiger partial charge < -0.3 is 15.1 Å². The van der Waals surface area contributed by atoms with Gasteiger partial charge in [-0.15, -0.1) is 0 Å². The summed E-state index contributed by atoms with van der Waals surface area (Å²) in [5, 5.41) is 6.65. The van der Waals surface area contributed by atoms with Gasteiger partial charge in [-0.2, -0.15) is 0 Å². The predicted molar refractivity (Wildman–Crippen MR) is 84.6 cm³/mol. The summed E-state index contributed by atoms with van der Waals surface area (Å²) < 4.78 is 5.91. The molecule has 0 unspecified atom stereocenters. The number of carbonyl (C=O) groups excluding carboxylic acids is 2. The maximum Gasteiger partial charge on any atom is 0.279 e. The number of amides is 2. The van der Waals surface area contributed by atoms with Gasteiger partial charge in [-0.25, -0.2) is 0 Å². The van der Waals surface area contributed by atoms with Gasteiger partial charge in [0.1, 0.15) is 17.4 Å². The average Bonchev–Trinajstić information content (AvgIpc) is 3.11. The molecule has 2 N–H and O–H groups in total. The molecule has 0 spiro atoms. The zero-order chi connectivity index (χ0) is 15.1. The van der Waals surface area contributed by atoms with E-state index in [2.05, 4.69) is 10.6 Å². The monoisotopic (exact) mass is 316 g/mol. The van der Waals surface area contributed by atoms with Gasteiger partial charge in [0, 0.05) is 11.1 Å². The fourth-order valence-corrected chi connectivity index (χ4v) is 3.56. The molecule has 2 fully saturated rings. The molecule has 1 aliphatic carbocycles. The Morgan fingerprint density at radius 2 is 2.18 bits per heavy atom. The lowest BCUT2D eigenvalue weighted by molar-refractivity contribution is -0.123. The van der Waals surface area contributed by atoms with Crippen LogP contribution in [0.1, 0.15) is 24.6 Å². The minimum atomic E-state index is -0.442. The minimum absolute atomic E-state index is 0.109. The maximum atomic E-state index is 12.3. The van der Waals surface area contributed by atoms with Crippen LogP contribution in [0.5, 0.6) is 0 Å². The van der Waals surface area contributed by atoms with Crippen LogP contribution in [-0.4, -0.2) is 22.9 Å². The lowest BCUT2D eigenvalue weighted by Gasteiger charge is -2.18. The summed E-state index contributed by atoms with van der Waals surface area (Å²) in [4.78, 5) is 23.6. The zero-order valence-corrected chi connectivity index (χ0v) is 12.7. The van der Waals surface area contributed by atoms with E-state index in [0.29, 0.717) is 11.7 Å². The molecule has 1 aromatic carbocycles. The fourth-order valence-electron chi connectivity index (χ4n) is 2.79. The van der Waals surface area contributed by atoms with Crippen LogP contribution in [0.25, 0.3) is 11.0 Å². The van der Waals surface area contributed by atoms with Crippen molar-refractivity contribution in [2.45, 2.75) is 24.9 Å². The largest absolute Gasteiger partial charge is 0.459 e. The maximum absolute atomic E-state index is 12.3. The zero-order valence-electron chi connectivity index (χ0n) is 11.9. The van der Waals surface area contributed by atoms with Crippen molar-refractivity contribution in [3.63, 3.8) is 0 Å². The summed E-state index contributed by atoms with van der Waals surface area (Å²) in [5.41, 5.74) is 0.835. The lowest BCUT2D eigenvalue weighted by atomic mass is 10.1. The summed E-state index contributed by atoms with van der Waals surface area (Å²) in [7, 11) is 0. The fraction of sp³-hybridized carbons (Fsp3) is 0.375. The highest BCUT2D eigenvalue weighted by atomic mass is 32.2. The van der Waals surface area contributed by atoms with Crippen molar-refractivity contribution in [1.82, 2.24) is 10.6 Å². The Morgan fingerprint density at radius 3 is 2.86 bits per heavy atom. The number of carbonyl (C=O) groups is 2. The van der Waals surface area contributed by atoms with E-state index in [-0.39, 0.29) is 17.2 Å². The number of hydrogen-bond acceptors (Lipinski definition) is 4. The van der Waals surface area contributed by atoms with Gasteiger partial charge in [-0.3, -0.25) is 9.59 Å². The molecular formula is C16H16N2O3S. The first-order valence-corrected chi connectivity index (χ1v) is 8.41. The van der Waals surface area contributed by atoms with Crippen LogP contribution in [0.2, 0.25) is 0 Å². The smallest absolute Gasteiger partial charge is 0.279 e. The number of furan rings is 1. The molecule has 2 heterocycles. The van der Waals surface area contributed by atoms with Crippen molar-refractivity contribution in [3.8, 4) is 0 Å². The molecule has 1 saturated heterocycles. The average molecular weight is 316 g/mol. The topological polar surface area (TPSA) is 71.3 Å². The number of para-hydroxylation sites is 1. The number of hydrogen-bond donors (Lipinski definition) is 2. The number of nitrogens with one attached hydrogen (secondary N) is 2. The third-order valence-corrected chi connectivity index (χ3v) is 5.01. The third kappa shape index (κ3) is 2.59. The second-order valence-corrected chi connectivity index (χ2v) is 6.80. The molecular weight excluding hydrogens is 300 g/mol. The summed E-state index contributed by atoms with van der Waals surface area (Å²) in [6, 6.07) is 9.29. The van der Waals surface area contributed by atoms with Crippen molar-refractivity contribution < 1.29 is 14.0 Å². The Balaban J connectivity index is 1.55. The molecule has 6 heteroatoms. The van der Waals surface area contributed by atoms with E-state index in [0.717, 1.165) is 41.3 Å². The van der Waals surface area contributed by atoms with E-state index in [4.69, 9.17) is 4.42 Å². The normalized spacial score (nSPS) is 22.5. The molecule has 114 valence electrons. The summed E-state index contributed by atoms with van der Waals surface area (Å²) in [5.74, 6) is 1.58. The van der Waals surface area contributed by atoms with Crippen LogP contribution < -0.4 is 10.6 Å². The Kier molecular flexibility index (Phi) is 3.33. The van der Waals surface area contributed by atoms with Gasteiger partial charge in [-0.1, -0.05) is 30.0 Å². The second-order valence-electron chi connectivity index (χ2n) is 5.81. The Hall–Kier alpha value is -1.95. The molecule has 2 atom stereocenters. The summed E-state index contributed by atoms with van der Waals surface area (Å²) >= 11 is 1.15. The van der Waals surface area contributed by atoms with Crippen LogP contribution in [0.15, 0.2) is 34.7 Å². The second kappa shape index (κ2) is 5.35. The lowest BCUT2D eigenvalue weighted by Crippen LogP contribution is -2.44. The van der Waals surface area contributed by atoms with Crippen molar-refractivity contribution in [2.75, 3.05) is 5.75 Å². The van der Waals surface area contributed by atoms with Gasteiger partial charge in [0.2, 0.25) is 5.91 Å². The van der Waals surface area contributed by atoms with Crippen molar-refractivity contribution in [2.24, 2.45) is 5.92 Å². The summed E-state index contributed by atoms with van der Waals surface area (Å²) in [6.45, 7) is 0. The molecule has 4 rings (SSSR count). The van der Waals surface area contributed by atoms with Crippen LogP contribution in [-0.2, 0) is 4.79 Å². The van der Waals surface area contributed by atoms with E-state index < -0.39 is 6.04 Å². The Morgan fingerprint density at radius 1 is 1.36 bits per heavy atom. The quantitative estimate of drug-likeness (QED) is 0.910. The van der Waals surface area contributed by atoms with E-state index >= 15 is 0 Å². The first kappa shape index (κ1) is 13.7. The Bertz CT molecular complexity index is 705. The number of thioether (sulfide) groups is 1. The van der Waals surface area contributed by atoms with E-state index in [1.807, 2.05) is 30.3 Å². The number of benzene rings is 1. The number of rotatable bonds is 4. The standard InChI is InChI=1S/C16H16N2O3S/c19-15(11-8-22-16(20)17-11)18-14(9-5-6-9)13-7-10-3-1-2-4-12(10)21-13/h1-4,7,9,11,14H,5-6,8H2,(H,17,20)(H,18,19)/t11-,14-/m0/s1. The minimum Gasteiger partial charge on any atom is -0.459 e. The first-order valence-electron chi connectivity index (χ1n) is 7.43. The first-order chi connectivity index (χ1) is 10.7. The highest BCUT2D eigenvalue weighted by molar-refractivity contribution is 8.14. The molecule has 5 nitrogen and oxygen atoms in total. The highest BCUT2D eigenvalue weighted by Crippen LogP contribution is 2.42. The Labute approximate surface area is 131 Å². The van der Waals surface area contributed by atoms with Crippen molar-refractivity contribution in [3.05, 3.63) is 36.1 Å². The van der Waals surface area contributed by atoms with Crippen LogP contribution >= 0.6 is 11.8 Å². The molecule has 0 bridgehead atoms. The molecule has 1 aromatic heterocycles. The van der Waals surface area contributed by atoms with Gasteiger partial charge in [-0.05, 0) is 30.9 Å². The molecule has 2 aromatic rings. The molecule has 2 aliphatic rings.